The minimum Gasteiger partial charge on any atom is -0.483 e. The summed E-state index contributed by atoms with van der Waals surface area (Å²) < 4.78 is 5.47. The molecule has 4 heteroatoms. The van der Waals surface area contributed by atoms with Gasteiger partial charge < -0.3 is 15.8 Å². The van der Waals surface area contributed by atoms with Crippen LogP contribution in [-0.4, -0.2) is 18.6 Å². The van der Waals surface area contributed by atoms with Gasteiger partial charge in [-0.2, -0.15) is 0 Å². The second kappa shape index (κ2) is 6.25. The average Bonchev–Trinajstić information content (AvgIpc) is 2.25. The second-order valence-electron chi connectivity index (χ2n) is 4.34. The maximum atomic E-state index is 11.4. The van der Waals surface area contributed by atoms with Gasteiger partial charge in [0.05, 0.1) is 0 Å². The minimum atomic E-state index is -0.125. The summed E-state index contributed by atoms with van der Waals surface area (Å²) in [6, 6.07) is 7.50. The van der Waals surface area contributed by atoms with Crippen LogP contribution in [0, 0.1) is 0 Å². The zero-order valence-corrected chi connectivity index (χ0v) is 10.6. The number of carbonyl (C=O) groups is 1. The van der Waals surface area contributed by atoms with Crippen LogP contribution in [0.15, 0.2) is 24.3 Å². The molecular weight excluding hydrogens is 216 g/mol. The lowest BCUT2D eigenvalue weighted by Gasteiger charge is -2.14. The summed E-state index contributed by atoms with van der Waals surface area (Å²) in [5.74, 6) is 0.542. The molecule has 1 aromatic rings. The molecule has 0 aliphatic rings. The first-order chi connectivity index (χ1) is 8.00. The molecule has 1 rings (SSSR count). The number of hydrogen-bond acceptors (Lipinski definition) is 3. The normalized spacial score (nSPS) is 12.3. The van der Waals surface area contributed by atoms with E-state index in [0.717, 1.165) is 5.56 Å². The van der Waals surface area contributed by atoms with Gasteiger partial charge in [0.1, 0.15) is 5.75 Å². The van der Waals surface area contributed by atoms with E-state index in [4.69, 9.17) is 10.5 Å². The number of benzene rings is 1. The molecule has 0 bridgehead atoms. The topological polar surface area (TPSA) is 64.3 Å². The third kappa shape index (κ3) is 4.44. The molecule has 0 saturated heterocycles. The molecule has 0 aliphatic carbocycles. The van der Waals surface area contributed by atoms with Gasteiger partial charge in [-0.15, -0.1) is 0 Å². The van der Waals surface area contributed by atoms with E-state index in [-0.39, 0.29) is 24.6 Å². The molecule has 0 saturated carbocycles. The molecule has 0 radical (unpaired) electrons. The maximum Gasteiger partial charge on any atom is 0.258 e. The summed E-state index contributed by atoms with van der Waals surface area (Å²) in [6.07, 6.45) is 0. The van der Waals surface area contributed by atoms with Gasteiger partial charge in [-0.05, 0) is 26.8 Å². The molecule has 3 N–H and O–H groups in total. The summed E-state index contributed by atoms with van der Waals surface area (Å²) in [7, 11) is 0. The van der Waals surface area contributed by atoms with Crippen LogP contribution in [0.2, 0.25) is 0 Å². The van der Waals surface area contributed by atoms with E-state index < -0.39 is 0 Å². The van der Waals surface area contributed by atoms with Gasteiger partial charge in [0, 0.05) is 17.6 Å². The molecule has 17 heavy (non-hydrogen) atoms. The van der Waals surface area contributed by atoms with E-state index in [1.807, 2.05) is 45.0 Å². The number of carbonyl (C=O) groups excluding carboxylic acids is 1. The van der Waals surface area contributed by atoms with Crippen LogP contribution in [0.5, 0.6) is 5.75 Å². The third-order valence-corrected chi connectivity index (χ3v) is 2.22. The van der Waals surface area contributed by atoms with E-state index in [0.29, 0.717) is 5.75 Å². The van der Waals surface area contributed by atoms with Gasteiger partial charge >= 0.3 is 0 Å². The molecular formula is C13H20N2O2. The average molecular weight is 236 g/mol. The molecule has 0 fully saturated rings. The van der Waals surface area contributed by atoms with Crippen molar-refractivity contribution in [2.75, 3.05) is 6.61 Å². The largest absolute Gasteiger partial charge is 0.483 e. The van der Waals surface area contributed by atoms with Crippen molar-refractivity contribution in [2.24, 2.45) is 5.73 Å². The molecule has 1 aromatic carbocycles. The van der Waals surface area contributed by atoms with Gasteiger partial charge in [0.25, 0.3) is 5.91 Å². The van der Waals surface area contributed by atoms with Crippen molar-refractivity contribution in [3.05, 3.63) is 29.8 Å². The Bertz CT molecular complexity index is 375. The van der Waals surface area contributed by atoms with E-state index in [1.54, 1.807) is 0 Å². The van der Waals surface area contributed by atoms with E-state index in [2.05, 4.69) is 5.32 Å². The van der Waals surface area contributed by atoms with Gasteiger partial charge in [0.2, 0.25) is 0 Å². The first-order valence-corrected chi connectivity index (χ1v) is 5.77. The van der Waals surface area contributed by atoms with Crippen LogP contribution in [0.1, 0.15) is 32.4 Å². The Morgan fingerprint density at radius 3 is 2.59 bits per heavy atom. The fraction of sp³-hybridized carbons (Fsp3) is 0.462. The Balaban J connectivity index is 2.60. The molecule has 1 atom stereocenters. The number of ether oxygens (including phenoxy) is 1. The number of para-hydroxylation sites is 1. The smallest absolute Gasteiger partial charge is 0.258 e. The number of nitrogens with one attached hydrogen (secondary N) is 1. The van der Waals surface area contributed by atoms with Gasteiger partial charge in [0.15, 0.2) is 6.61 Å². The highest BCUT2D eigenvalue weighted by atomic mass is 16.5. The van der Waals surface area contributed by atoms with E-state index in [9.17, 15) is 4.79 Å². The zero-order chi connectivity index (χ0) is 12.8. The monoisotopic (exact) mass is 236 g/mol. The summed E-state index contributed by atoms with van der Waals surface area (Å²) in [5, 5.41) is 2.77. The van der Waals surface area contributed by atoms with Crippen molar-refractivity contribution in [1.29, 1.82) is 0 Å². The lowest BCUT2D eigenvalue weighted by molar-refractivity contribution is -0.123. The number of rotatable bonds is 5. The van der Waals surface area contributed by atoms with Crippen LogP contribution in [0.3, 0.4) is 0 Å². The Morgan fingerprint density at radius 2 is 2.00 bits per heavy atom. The van der Waals surface area contributed by atoms with Crippen molar-refractivity contribution in [3.8, 4) is 5.75 Å². The van der Waals surface area contributed by atoms with Gasteiger partial charge in [-0.25, -0.2) is 0 Å². The Morgan fingerprint density at radius 1 is 1.35 bits per heavy atom. The molecule has 0 aromatic heterocycles. The van der Waals surface area contributed by atoms with Crippen molar-refractivity contribution >= 4 is 5.91 Å². The standard InChI is InChI=1S/C13H20N2O2/c1-9(2)15-13(16)8-17-12-7-5-4-6-11(12)10(3)14/h4-7,9-10H,8,14H2,1-3H3,(H,15,16)/t10-/m0/s1. The predicted molar refractivity (Wildman–Crippen MR) is 67.8 cm³/mol. The summed E-state index contributed by atoms with van der Waals surface area (Å²) in [6.45, 7) is 5.72. The molecule has 94 valence electrons. The molecule has 0 spiro atoms. The highest BCUT2D eigenvalue weighted by Crippen LogP contribution is 2.22. The number of amides is 1. The second-order valence-corrected chi connectivity index (χ2v) is 4.34. The summed E-state index contributed by atoms with van der Waals surface area (Å²) in [4.78, 5) is 11.4. The minimum absolute atomic E-state index is 0.0158. The Labute approximate surface area is 102 Å². The highest BCUT2D eigenvalue weighted by Gasteiger charge is 2.09. The van der Waals surface area contributed by atoms with Crippen molar-refractivity contribution in [3.63, 3.8) is 0 Å². The van der Waals surface area contributed by atoms with Crippen molar-refractivity contribution in [1.82, 2.24) is 5.32 Å². The first-order valence-electron chi connectivity index (χ1n) is 5.77. The maximum absolute atomic E-state index is 11.4. The Kier molecular flexibility index (Phi) is 4.97. The van der Waals surface area contributed by atoms with Gasteiger partial charge in [-0.3, -0.25) is 4.79 Å². The molecule has 1 amide bonds. The quantitative estimate of drug-likeness (QED) is 0.816. The van der Waals surface area contributed by atoms with Crippen LogP contribution >= 0.6 is 0 Å². The van der Waals surface area contributed by atoms with E-state index in [1.165, 1.54) is 0 Å². The fourth-order valence-electron chi connectivity index (χ4n) is 1.50. The fourth-order valence-corrected chi connectivity index (χ4v) is 1.50. The SMILES string of the molecule is CC(C)NC(=O)COc1ccccc1[C@H](C)N. The summed E-state index contributed by atoms with van der Waals surface area (Å²) in [5.41, 5.74) is 6.73. The van der Waals surface area contributed by atoms with Crippen LogP contribution < -0.4 is 15.8 Å². The van der Waals surface area contributed by atoms with E-state index >= 15 is 0 Å². The lowest BCUT2D eigenvalue weighted by atomic mass is 10.1. The van der Waals surface area contributed by atoms with Crippen molar-refractivity contribution in [2.45, 2.75) is 32.9 Å². The zero-order valence-electron chi connectivity index (χ0n) is 10.6. The first kappa shape index (κ1) is 13.5. The Hall–Kier alpha value is -1.55. The summed E-state index contributed by atoms with van der Waals surface area (Å²) >= 11 is 0. The predicted octanol–water partition coefficient (Wildman–Crippen LogP) is 1.61. The molecule has 0 unspecified atom stereocenters. The highest BCUT2D eigenvalue weighted by molar-refractivity contribution is 5.77. The molecule has 0 heterocycles. The van der Waals surface area contributed by atoms with Gasteiger partial charge in [-0.1, -0.05) is 18.2 Å². The van der Waals surface area contributed by atoms with Crippen LogP contribution in [0.4, 0.5) is 0 Å². The number of nitrogens with two attached hydrogens (primary N) is 1. The molecule has 4 nitrogen and oxygen atoms in total. The number of hydrogen-bond donors (Lipinski definition) is 2. The van der Waals surface area contributed by atoms with Crippen LogP contribution in [-0.2, 0) is 4.79 Å². The van der Waals surface area contributed by atoms with Crippen molar-refractivity contribution < 1.29 is 9.53 Å². The lowest BCUT2D eigenvalue weighted by Crippen LogP contribution is -2.34. The molecule has 0 aliphatic heterocycles. The van der Waals surface area contributed by atoms with Crippen LogP contribution in [0.25, 0.3) is 0 Å². The third-order valence-electron chi connectivity index (χ3n) is 2.22.